The van der Waals surface area contributed by atoms with Gasteiger partial charge in [-0.15, -0.1) is 0 Å². The van der Waals surface area contributed by atoms with E-state index in [1.165, 1.54) is 12.1 Å². The van der Waals surface area contributed by atoms with Gasteiger partial charge in [-0.3, -0.25) is 5.10 Å². The van der Waals surface area contributed by atoms with Gasteiger partial charge in [0.2, 0.25) is 0 Å². The number of nitrogens with two attached hydrogens (primary N) is 1. The largest absolute Gasteiger partial charge is 0.382 e. The molecule has 21 heavy (non-hydrogen) atoms. The molecule has 0 unspecified atom stereocenters. The molecule has 6 heteroatoms. The lowest BCUT2D eigenvalue weighted by atomic mass is 10.0. The summed E-state index contributed by atoms with van der Waals surface area (Å²) in [6, 6.07) is 11.8. The monoisotopic (exact) mass is 321 g/mol. The fourth-order valence-electron chi connectivity index (χ4n) is 2.15. The van der Waals surface area contributed by atoms with Crippen molar-refractivity contribution < 1.29 is 4.39 Å². The van der Waals surface area contributed by atoms with Crippen molar-refractivity contribution in [3.05, 3.63) is 58.3 Å². The molecule has 0 radical (unpaired) electrons. The molecule has 2 aromatic carbocycles. The molecule has 1 heterocycles. The van der Waals surface area contributed by atoms with Gasteiger partial charge in [0.15, 0.2) is 5.82 Å². The third-order valence-corrected chi connectivity index (χ3v) is 3.66. The summed E-state index contributed by atoms with van der Waals surface area (Å²) < 4.78 is 13.7. The van der Waals surface area contributed by atoms with Crippen LogP contribution in [0.3, 0.4) is 0 Å². The van der Waals surface area contributed by atoms with E-state index in [2.05, 4.69) is 10.2 Å². The molecule has 0 saturated heterocycles. The average Bonchev–Trinajstić information content (AvgIpc) is 2.84. The maximum absolute atomic E-state index is 13.7. The number of halogens is 3. The summed E-state index contributed by atoms with van der Waals surface area (Å²) >= 11 is 11.7. The van der Waals surface area contributed by atoms with E-state index in [1.54, 1.807) is 18.2 Å². The Balaban J connectivity index is 2.19. The summed E-state index contributed by atoms with van der Waals surface area (Å²) in [5.41, 5.74) is 8.63. The number of rotatable bonds is 2. The van der Waals surface area contributed by atoms with Crippen molar-refractivity contribution in [1.82, 2.24) is 10.2 Å². The number of H-pyrrole nitrogens is 1. The summed E-state index contributed by atoms with van der Waals surface area (Å²) in [7, 11) is 0. The zero-order valence-electron chi connectivity index (χ0n) is 10.7. The van der Waals surface area contributed by atoms with Crippen molar-refractivity contribution in [2.75, 3.05) is 5.73 Å². The van der Waals surface area contributed by atoms with Gasteiger partial charge >= 0.3 is 0 Å². The van der Waals surface area contributed by atoms with E-state index in [4.69, 9.17) is 28.9 Å². The Kier molecular flexibility index (Phi) is 3.57. The minimum Gasteiger partial charge on any atom is -0.382 e. The molecule has 0 fully saturated rings. The second kappa shape index (κ2) is 5.39. The molecule has 0 saturated carbocycles. The highest BCUT2D eigenvalue weighted by atomic mass is 35.5. The van der Waals surface area contributed by atoms with E-state index >= 15 is 0 Å². The summed E-state index contributed by atoms with van der Waals surface area (Å²) in [5, 5.41) is 7.48. The molecule has 3 aromatic rings. The molecule has 0 spiro atoms. The van der Waals surface area contributed by atoms with Gasteiger partial charge in [-0.05, 0) is 29.8 Å². The van der Waals surface area contributed by atoms with Crippen LogP contribution in [0.15, 0.2) is 42.5 Å². The van der Waals surface area contributed by atoms with Crippen LogP contribution in [0.25, 0.3) is 22.4 Å². The normalized spacial score (nSPS) is 10.8. The molecule has 3 nitrogen and oxygen atoms in total. The maximum atomic E-state index is 13.7. The van der Waals surface area contributed by atoms with Crippen molar-refractivity contribution in [2.45, 2.75) is 0 Å². The highest BCUT2D eigenvalue weighted by Gasteiger charge is 2.16. The maximum Gasteiger partial charge on any atom is 0.153 e. The molecule has 106 valence electrons. The van der Waals surface area contributed by atoms with Crippen LogP contribution in [-0.2, 0) is 0 Å². The van der Waals surface area contributed by atoms with E-state index in [0.717, 1.165) is 5.56 Å². The lowest BCUT2D eigenvalue weighted by Crippen LogP contribution is -1.89. The summed E-state index contributed by atoms with van der Waals surface area (Å²) in [4.78, 5) is 0. The number of hydrogen-bond donors (Lipinski definition) is 2. The summed E-state index contributed by atoms with van der Waals surface area (Å²) in [6.07, 6.45) is 0. The molecular weight excluding hydrogens is 312 g/mol. The Hall–Kier alpha value is -2.04. The topological polar surface area (TPSA) is 54.7 Å². The van der Waals surface area contributed by atoms with Crippen LogP contribution in [0, 0.1) is 5.82 Å². The van der Waals surface area contributed by atoms with Gasteiger partial charge in [-0.25, -0.2) is 4.39 Å². The number of nitrogen functional groups attached to an aromatic ring is 1. The minimum atomic E-state index is -0.501. The fraction of sp³-hybridized carbons (Fsp3) is 0. The van der Waals surface area contributed by atoms with Crippen molar-refractivity contribution in [3.63, 3.8) is 0 Å². The molecule has 3 rings (SSSR count). The number of aromatic amines is 1. The van der Waals surface area contributed by atoms with E-state index in [9.17, 15) is 4.39 Å². The van der Waals surface area contributed by atoms with E-state index < -0.39 is 5.82 Å². The Bertz CT molecular complexity index is 814. The van der Waals surface area contributed by atoms with Crippen LogP contribution in [0.2, 0.25) is 10.0 Å². The highest BCUT2D eigenvalue weighted by Crippen LogP contribution is 2.36. The fourth-order valence-corrected chi connectivity index (χ4v) is 2.46. The van der Waals surface area contributed by atoms with Crippen LogP contribution in [0.1, 0.15) is 0 Å². The molecular formula is C15H10Cl2FN3. The second-order valence-electron chi connectivity index (χ2n) is 4.50. The van der Waals surface area contributed by atoms with Gasteiger partial charge in [-0.2, -0.15) is 5.10 Å². The summed E-state index contributed by atoms with van der Waals surface area (Å²) in [6.45, 7) is 0. The molecule has 3 N–H and O–H groups in total. The third-order valence-electron chi connectivity index (χ3n) is 3.12. The number of nitrogens with one attached hydrogen (secondary N) is 1. The lowest BCUT2D eigenvalue weighted by Gasteiger charge is -2.06. The van der Waals surface area contributed by atoms with Crippen LogP contribution < -0.4 is 5.73 Å². The number of nitrogens with zero attached hydrogens (tertiary/aromatic N) is 1. The van der Waals surface area contributed by atoms with E-state index in [-0.39, 0.29) is 5.02 Å². The highest BCUT2D eigenvalue weighted by molar-refractivity contribution is 6.31. The first-order valence-electron chi connectivity index (χ1n) is 6.11. The minimum absolute atomic E-state index is 0.0653. The average molecular weight is 322 g/mol. The SMILES string of the molecule is Nc1n[nH]c(-c2ccc(Cl)c(F)c2)c1-c1cccc(Cl)c1. The quantitative estimate of drug-likeness (QED) is 0.714. The molecule has 1 aromatic heterocycles. The summed E-state index contributed by atoms with van der Waals surface area (Å²) in [5.74, 6) is -0.179. The molecule has 0 amide bonds. The van der Waals surface area contributed by atoms with Crippen molar-refractivity contribution in [1.29, 1.82) is 0 Å². The van der Waals surface area contributed by atoms with Crippen LogP contribution >= 0.6 is 23.2 Å². The van der Waals surface area contributed by atoms with Gasteiger partial charge in [-0.1, -0.05) is 41.4 Å². The molecule has 0 atom stereocenters. The first kappa shape index (κ1) is 13.9. The molecule has 0 aliphatic heterocycles. The van der Waals surface area contributed by atoms with Crippen LogP contribution in [-0.4, -0.2) is 10.2 Å². The molecule has 0 aliphatic rings. The Labute approximate surface area is 130 Å². The van der Waals surface area contributed by atoms with Gasteiger partial charge in [0.25, 0.3) is 0 Å². The van der Waals surface area contributed by atoms with Gasteiger partial charge in [0.1, 0.15) is 5.82 Å². The van der Waals surface area contributed by atoms with E-state index in [1.807, 2.05) is 12.1 Å². The first-order chi connectivity index (χ1) is 10.1. The third kappa shape index (κ3) is 2.60. The van der Waals surface area contributed by atoms with Crippen molar-refractivity contribution in [2.24, 2.45) is 0 Å². The predicted molar refractivity (Wildman–Crippen MR) is 83.9 cm³/mol. The predicted octanol–water partition coefficient (Wildman–Crippen LogP) is 4.77. The number of hydrogen-bond acceptors (Lipinski definition) is 2. The molecule has 0 aliphatic carbocycles. The van der Waals surface area contributed by atoms with Crippen LogP contribution in [0.5, 0.6) is 0 Å². The Morgan fingerprint density at radius 3 is 2.57 bits per heavy atom. The van der Waals surface area contributed by atoms with Crippen molar-refractivity contribution in [3.8, 4) is 22.4 Å². The van der Waals surface area contributed by atoms with Crippen LogP contribution in [0.4, 0.5) is 10.2 Å². The first-order valence-corrected chi connectivity index (χ1v) is 6.87. The number of anilines is 1. The second-order valence-corrected chi connectivity index (χ2v) is 5.34. The Morgan fingerprint density at radius 1 is 1.05 bits per heavy atom. The molecule has 0 bridgehead atoms. The van der Waals surface area contributed by atoms with Gasteiger partial charge < -0.3 is 5.73 Å². The zero-order chi connectivity index (χ0) is 15.0. The van der Waals surface area contributed by atoms with E-state index in [0.29, 0.717) is 27.7 Å². The smallest absolute Gasteiger partial charge is 0.153 e. The number of aromatic nitrogens is 2. The lowest BCUT2D eigenvalue weighted by molar-refractivity contribution is 0.628. The van der Waals surface area contributed by atoms with Gasteiger partial charge in [0.05, 0.1) is 16.3 Å². The standard InChI is InChI=1S/C15H10Cl2FN3/c16-10-3-1-2-8(6-10)13-14(20-21-15(13)19)9-4-5-11(17)12(18)7-9/h1-7H,(H3,19,20,21). The number of benzene rings is 2. The van der Waals surface area contributed by atoms with Crippen molar-refractivity contribution >= 4 is 29.0 Å². The van der Waals surface area contributed by atoms with Gasteiger partial charge in [0, 0.05) is 10.6 Å². The zero-order valence-corrected chi connectivity index (χ0v) is 12.2. The Morgan fingerprint density at radius 2 is 1.86 bits per heavy atom.